The van der Waals surface area contributed by atoms with Crippen LogP contribution in [0.5, 0.6) is 0 Å². The minimum Gasteiger partial charge on any atom is -0.371 e. The highest BCUT2D eigenvalue weighted by molar-refractivity contribution is 7.15. The third-order valence-electron chi connectivity index (χ3n) is 2.42. The second kappa shape index (κ2) is 4.57. The van der Waals surface area contributed by atoms with Crippen molar-refractivity contribution < 1.29 is 4.74 Å². The van der Waals surface area contributed by atoms with E-state index in [9.17, 15) is 0 Å². The van der Waals surface area contributed by atoms with Crippen molar-refractivity contribution in [1.29, 1.82) is 0 Å². The van der Waals surface area contributed by atoms with Gasteiger partial charge in [0, 0.05) is 19.1 Å². The van der Waals surface area contributed by atoms with E-state index in [-0.39, 0.29) is 6.10 Å². The number of thiazole rings is 1. The highest BCUT2D eigenvalue weighted by Crippen LogP contribution is 2.37. The SMILES string of the molecule is CNCC1CCOC1c1ncc(Cl)s1. The van der Waals surface area contributed by atoms with Gasteiger partial charge in [0.1, 0.15) is 15.4 Å². The van der Waals surface area contributed by atoms with Crippen molar-refractivity contribution in [2.75, 3.05) is 20.2 Å². The van der Waals surface area contributed by atoms with Gasteiger partial charge >= 0.3 is 0 Å². The summed E-state index contributed by atoms with van der Waals surface area (Å²) >= 11 is 7.36. The van der Waals surface area contributed by atoms with Crippen molar-refractivity contribution in [2.45, 2.75) is 12.5 Å². The first-order valence-corrected chi connectivity index (χ1v) is 5.88. The van der Waals surface area contributed by atoms with Crippen molar-refractivity contribution >= 4 is 22.9 Å². The summed E-state index contributed by atoms with van der Waals surface area (Å²) in [7, 11) is 1.96. The summed E-state index contributed by atoms with van der Waals surface area (Å²) in [6, 6.07) is 0. The average molecular weight is 233 g/mol. The molecule has 1 saturated heterocycles. The number of nitrogens with one attached hydrogen (secondary N) is 1. The smallest absolute Gasteiger partial charge is 0.123 e. The first-order chi connectivity index (χ1) is 6.81. The van der Waals surface area contributed by atoms with E-state index >= 15 is 0 Å². The lowest BCUT2D eigenvalue weighted by Gasteiger charge is -2.15. The number of ether oxygens (including phenoxy) is 1. The molecule has 1 aromatic rings. The molecule has 5 heteroatoms. The van der Waals surface area contributed by atoms with Crippen LogP contribution < -0.4 is 5.32 Å². The molecular formula is C9H13ClN2OS. The molecule has 1 aliphatic heterocycles. The summed E-state index contributed by atoms with van der Waals surface area (Å²) in [6.45, 7) is 1.80. The van der Waals surface area contributed by atoms with E-state index in [4.69, 9.17) is 16.3 Å². The van der Waals surface area contributed by atoms with Gasteiger partial charge in [-0.15, -0.1) is 11.3 Å². The van der Waals surface area contributed by atoms with Crippen molar-refractivity contribution in [1.82, 2.24) is 10.3 Å². The first kappa shape index (κ1) is 10.4. The summed E-state index contributed by atoms with van der Waals surface area (Å²) in [5, 5.41) is 4.19. The van der Waals surface area contributed by atoms with Crippen LogP contribution in [0.25, 0.3) is 0 Å². The lowest BCUT2D eigenvalue weighted by Crippen LogP contribution is -2.21. The zero-order valence-electron chi connectivity index (χ0n) is 8.00. The second-order valence-electron chi connectivity index (χ2n) is 3.40. The molecule has 0 amide bonds. The molecule has 0 aliphatic carbocycles. The van der Waals surface area contributed by atoms with E-state index in [2.05, 4.69) is 10.3 Å². The normalized spacial score (nSPS) is 27.0. The maximum atomic E-state index is 5.85. The van der Waals surface area contributed by atoms with Gasteiger partial charge in [-0.2, -0.15) is 0 Å². The largest absolute Gasteiger partial charge is 0.371 e. The number of halogens is 1. The van der Waals surface area contributed by atoms with Crippen molar-refractivity contribution in [3.63, 3.8) is 0 Å². The Kier molecular flexibility index (Phi) is 3.38. The maximum Gasteiger partial charge on any atom is 0.123 e. The monoisotopic (exact) mass is 232 g/mol. The minimum atomic E-state index is 0.139. The van der Waals surface area contributed by atoms with Crippen molar-refractivity contribution in [3.8, 4) is 0 Å². The predicted molar refractivity (Wildman–Crippen MR) is 57.9 cm³/mol. The van der Waals surface area contributed by atoms with Gasteiger partial charge in [-0.1, -0.05) is 11.6 Å². The Bertz CT molecular complexity index is 305. The third kappa shape index (κ3) is 2.08. The Balaban J connectivity index is 2.09. The fourth-order valence-corrected chi connectivity index (χ4v) is 2.85. The topological polar surface area (TPSA) is 34.1 Å². The Morgan fingerprint density at radius 1 is 1.79 bits per heavy atom. The molecule has 0 saturated carbocycles. The average Bonchev–Trinajstić information content (AvgIpc) is 2.74. The second-order valence-corrected chi connectivity index (χ2v) is 5.09. The zero-order chi connectivity index (χ0) is 9.97. The molecule has 0 radical (unpaired) electrons. The molecule has 3 nitrogen and oxygen atoms in total. The van der Waals surface area contributed by atoms with Gasteiger partial charge in [0.2, 0.25) is 0 Å². The fraction of sp³-hybridized carbons (Fsp3) is 0.667. The van der Waals surface area contributed by atoms with Crippen LogP contribution in [0, 0.1) is 5.92 Å². The quantitative estimate of drug-likeness (QED) is 0.867. The highest BCUT2D eigenvalue weighted by atomic mass is 35.5. The van der Waals surface area contributed by atoms with Gasteiger partial charge in [-0.3, -0.25) is 0 Å². The van der Waals surface area contributed by atoms with E-state index in [1.807, 2.05) is 7.05 Å². The van der Waals surface area contributed by atoms with Crippen LogP contribution in [0.15, 0.2) is 6.20 Å². The van der Waals surface area contributed by atoms with Gasteiger partial charge in [-0.05, 0) is 13.5 Å². The fourth-order valence-electron chi connectivity index (χ4n) is 1.78. The molecule has 78 valence electrons. The van der Waals surface area contributed by atoms with E-state index in [0.717, 1.165) is 28.9 Å². The van der Waals surface area contributed by atoms with E-state index in [1.54, 1.807) is 6.20 Å². The molecule has 0 bridgehead atoms. The lowest BCUT2D eigenvalue weighted by atomic mass is 10.0. The Morgan fingerprint density at radius 3 is 3.29 bits per heavy atom. The molecular weight excluding hydrogens is 220 g/mol. The maximum absolute atomic E-state index is 5.85. The number of aromatic nitrogens is 1. The lowest BCUT2D eigenvalue weighted by molar-refractivity contribution is 0.0907. The van der Waals surface area contributed by atoms with Crippen LogP contribution in [0.4, 0.5) is 0 Å². The summed E-state index contributed by atoms with van der Waals surface area (Å²) in [5.41, 5.74) is 0. The standard InChI is InChI=1S/C9H13ClN2OS/c1-11-4-6-2-3-13-8(6)9-12-5-7(10)14-9/h5-6,8,11H,2-4H2,1H3. The van der Waals surface area contributed by atoms with E-state index in [1.165, 1.54) is 11.3 Å². The highest BCUT2D eigenvalue weighted by Gasteiger charge is 2.31. The number of hydrogen-bond donors (Lipinski definition) is 1. The number of rotatable bonds is 3. The Morgan fingerprint density at radius 2 is 2.64 bits per heavy atom. The summed E-state index contributed by atoms with van der Waals surface area (Å²) in [4.78, 5) is 4.26. The Labute approximate surface area is 92.4 Å². The van der Waals surface area contributed by atoms with Gasteiger partial charge in [0.25, 0.3) is 0 Å². The van der Waals surface area contributed by atoms with Crippen molar-refractivity contribution in [3.05, 3.63) is 15.5 Å². The first-order valence-electron chi connectivity index (χ1n) is 4.68. The molecule has 1 aliphatic rings. The third-order valence-corrected chi connectivity index (χ3v) is 3.60. The molecule has 1 fully saturated rings. The van der Waals surface area contributed by atoms with Gasteiger partial charge < -0.3 is 10.1 Å². The van der Waals surface area contributed by atoms with Crippen LogP contribution in [-0.2, 0) is 4.74 Å². The molecule has 2 atom stereocenters. The molecule has 0 spiro atoms. The summed E-state index contributed by atoms with van der Waals surface area (Å²) in [5.74, 6) is 0.530. The number of hydrogen-bond acceptors (Lipinski definition) is 4. The van der Waals surface area contributed by atoms with Crippen LogP contribution >= 0.6 is 22.9 Å². The summed E-state index contributed by atoms with van der Waals surface area (Å²) in [6.07, 6.45) is 2.93. The molecule has 0 aromatic carbocycles. The minimum absolute atomic E-state index is 0.139. The van der Waals surface area contributed by atoms with E-state index < -0.39 is 0 Å². The van der Waals surface area contributed by atoms with Crippen LogP contribution in [0.2, 0.25) is 4.34 Å². The summed E-state index contributed by atoms with van der Waals surface area (Å²) < 4.78 is 6.40. The predicted octanol–water partition coefficient (Wildman–Crippen LogP) is 2.09. The van der Waals surface area contributed by atoms with Crippen LogP contribution in [0.1, 0.15) is 17.5 Å². The number of nitrogens with zero attached hydrogens (tertiary/aromatic N) is 1. The Hall–Kier alpha value is -0.160. The molecule has 14 heavy (non-hydrogen) atoms. The van der Waals surface area contributed by atoms with E-state index in [0.29, 0.717) is 5.92 Å². The van der Waals surface area contributed by atoms with Gasteiger partial charge in [0.15, 0.2) is 0 Å². The van der Waals surface area contributed by atoms with Crippen LogP contribution in [-0.4, -0.2) is 25.2 Å². The molecule has 2 heterocycles. The van der Waals surface area contributed by atoms with Crippen molar-refractivity contribution in [2.24, 2.45) is 5.92 Å². The van der Waals surface area contributed by atoms with Gasteiger partial charge in [0.05, 0.1) is 6.20 Å². The molecule has 1 aromatic heterocycles. The van der Waals surface area contributed by atoms with Gasteiger partial charge in [-0.25, -0.2) is 4.98 Å². The molecule has 1 N–H and O–H groups in total. The molecule has 2 unspecified atom stereocenters. The molecule has 2 rings (SSSR count). The zero-order valence-corrected chi connectivity index (χ0v) is 9.57. The van der Waals surface area contributed by atoms with Crippen LogP contribution in [0.3, 0.4) is 0 Å².